The number of nitrogens with zero attached hydrogens (tertiary/aromatic N) is 2. The monoisotopic (exact) mass is 258 g/mol. The topological polar surface area (TPSA) is 49.8 Å². The quantitative estimate of drug-likeness (QED) is 0.822. The molecule has 0 amide bonds. The molecule has 2 aromatic rings. The van der Waals surface area contributed by atoms with Crippen molar-refractivity contribution in [1.29, 1.82) is 0 Å². The number of pyridine rings is 2. The van der Waals surface area contributed by atoms with E-state index in [-0.39, 0.29) is 0 Å². The molecule has 0 bridgehead atoms. The Hall–Kier alpha value is -2.01. The molecule has 0 aliphatic carbocycles. The van der Waals surface area contributed by atoms with Crippen LogP contribution in [0, 0.1) is 0 Å². The average Bonchev–Trinajstić information content (AvgIpc) is 2.41. The van der Waals surface area contributed by atoms with E-state index >= 15 is 0 Å². The molecule has 2 N–H and O–H groups in total. The molecule has 0 aliphatic rings. The number of thiocarbonyl (C=S) groups is 1. The zero-order valence-corrected chi connectivity index (χ0v) is 10.7. The van der Waals surface area contributed by atoms with E-state index in [9.17, 15) is 0 Å². The third-order valence-electron chi connectivity index (χ3n) is 2.31. The third-order valence-corrected chi connectivity index (χ3v) is 2.56. The lowest BCUT2D eigenvalue weighted by atomic mass is 10.3. The molecule has 2 rings (SSSR count). The van der Waals surface area contributed by atoms with E-state index < -0.39 is 0 Å². The van der Waals surface area contributed by atoms with Crippen molar-refractivity contribution in [2.24, 2.45) is 0 Å². The molecule has 0 fully saturated rings. The largest absolute Gasteiger partial charge is 0.362 e. The van der Waals surface area contributed by atoms with Crippen molar-refractivity contribution in [3.05, 3.63) is 54.6 Å². The Kier molecular flexibility index (Phi) is 4.60. The van der Waals surface area contributed by atoms with E-state index in [4.69, 9.17) is 12.2 Å². The number of rotatable bonds is 4. The minimum absolute atomic E-state index is 0.596. The van der Waals surface area contributed by atoms with Crippen LogP contribution in [0.15, 0.2) is 48.9 Å². The smallest absolute Gasteiger partial charge is 0.170 e. The number of aromatic nitrogens is 2. The van der Waals surface area contributed by atoms with Gasteiger partial charge in [0, 0.05) is 31.1 Å². The van der Waals surface area contributed by atoms with Gasteiger partial charge in [-0.15, -0.1) is 0 Å². The predicted molar refractivity (Wildman–Crippen MR) is 76.4 cm³/mol. The molecule has 0 spiro atoms. The van der Waals surface area contributed by atoms with Gasteiger partial charge < -0.3 is 10.6 Å². The SMILES string of the molecule is S=C(NCCc1ccccn1)Nc1cccnc1. The van der Waals surface area contributed by atoms with Gasteiger partial charge in [-0.2, -0.15) is 0 Å². The molecule has 0 saturated carbocycles. The van der Waals surface area contributed by atoms with Crippen LogP contribution in [0.25, 0.3) is 0 Å². The van der Waals surface area contributed by atoms with Gasteiger partial charge in [-0.3, -0.25) is 9.97 Å². The number of nitrogens with one attached hydrogen (secondary N) is 2. The second-order valence-electron chi connectivity index (χ2n) is 3.69. The van der Waals surface area contributed by atoms with Crippen molar-refractivity contribution in [2.75, 3.05) is 11.9 Å². The molecule has 2 aromatic heterocycles. The van der Waals surface area contributed by atoms with Gasteiger partial charge >= 0.3 is 0 Å². The Morgan fingerprint density at radius 3 is 2.83 bits per heavy atom. The first-order chi connectivity index (χ1) is 8.84. The van der Waals surface area contributed by atoms with Crippen LogP contribution in [0.1, 0.15) is 5.69 Å². The van der Waals surface area contributed by atoms with Gasteiger partial charge in [0.2, 0.25) is 0 Å². The fourth-order valence-corrected chi connectivity index (χ4v) is 1.68. The van der Waals surface area contributed by atoms with Gasteiger partial charge in [0.1, 0.15) is 0 Å². The molecule has 0 aromatic carbocycles. The fourth-order valence-electron chi connectivity index (χ4n) is 1.46. The average molecular weight is 258 g/mol. The van der Waals surface area contributed by atoms with Crippen LogP contribution >= 0.6 is 12.2 Å². The number of hydrogen-bond donors (Lipinski definition) is 2. The molecular formula is C13H14N4S. The molecular weight excluding hydrogens is 244 g/mol. The molecule has 0 saturated heterocycles. The molecule has 0 atom stereocenters. The molecule has 2 heterocycles. The first-order valence-electron chi connectivity index (χ1n) is 5.69. The van der Waals surface area contributed by atoms with Gasteiger partial charge in [-0.05, 0) is 36.5 Å². The molecule has 4 nitrogen and oxygen atoms in total. The minimum Gasteiger partial charge on any atom is -0.362 e. The normalized spacial score (nSPS) is 9.78. The van der Waals surface area contributed by atoms with Gasteiger partial charge in [0.25, 0.3) is 0 Å². The summed E-state index contributed by atoms with van der Waals surface area (Å²) in [5.41, 5.74) is 1.93. The van der Waals surface area contributed by atoms with Crippen LogP contribution in [0.2, 0.25) is 0 Å². The van der Waals surface area contributed by atoms with E-state index in [0.717, 1.165) is 24.3 Å². The molecule has 0 aliphatic heterocycles. The Morgan fingerprint density at radius 2 is 2.11 bits per heavy atom. The van der Waals surface area contributed by atoms with Gasteiger partial charge in [0.05, 0.1) is 11.9 Å². The summed E-state index contributed by atoms with van der Waals surface area (Å²) >= 11 is 5.18. The molecule has 0 radical (unpaired) electrons. The minimum atomic E-state index is 0.596. The van der Waals surface area contributed by atoms with Crippen molar-refractivity contribution in [2.45, 2.75) is 6.42 Å². The van der Waals surface area contributed by atoms with Gasteiger partial charge in [-0.1, -0.05) is 6.07 Å². The van der Waals surface area contributed by atoms with Crippen molar-refractivity contribution in [1.82, 2.24) is 15.3 Å². The lowest BCUT2D eigenvalue weighted by molar-refractivity contribution is 0.847. The van der Waals surface area contributed by atoms with Crippen molar-refractivity contribution >= 4 is 23.0 Å². The maximum absolute atomic E-state index is 5.18. The van der Waals surface area contributed by atoms with Crippen LogP contribution in [-0.4, -0.2) is 21.6 Å². The van der Waals surface area contributed by atoms with E-state index in [0.29, 0.717) is 5.11 Å². The highest BCUT2D eigenvalue weighted by Crippen LogP contribution is 2.01. The highest BCUT2D eigenvalue weighted by Gasteiger charge is 1.97. The highest BCUT2D eigenvalue weighted by molar-refractivity contribution is 7.80. The maximum atomic E-state index is 5.18. The van der Waals surface area contributed by atoms with Crippen LogP contribution < -0.4 is 10.6 Å². The Morgan fingerprint density at radius 1 is 1.17 bits per heavy atom. The number of anilines is 1. The summed E-state index contributed by atoms with van der Waals surface area (Å²) < 4.78 is 0. The Labute approximate surface area is 111 Å². The second kappa shape index (κ2) is 6.66. The summed E-state index contributed by atoms with van der Waals surface area (Å²) in [6.45, 7) is 0.753. The summed E-state index contributed by atoms with van der Waals surface area (Å²) in [6.07, 6.45) is 6.09. The highest BCUT2D eigenvalue weighted by atomic mass is 32.1. The predicted octanol–water partition coefficient (Wildman–Crippen LogP) is 2.01. The lowest BCUT2D eigenvalue weighted by Crippen LogP contribution is -2.30. The summed E-state index contributed by atoms with van der Waals surface area (Å²) in [5, 5.41) is 6.79. The van der Waals surface area contributed by atoms with Crippen molar-refractivity contribution in [3.8, 4) is 0 Å². The van der Waals surface area contributed by atoms with E-state index in [1.807, 2.05) is 30.3 Å². The fraction of sp³-hybridized carbons (Fsp3) is 0.154. The summed E-state index contributed by atoms with van der Waals surface area (Å²) in [7, 11) is 0. The van der Waals surface area contributed by atoms with Crippen molar-refractivity contribution in [3.63, 3.8) is 0 Å². The Bertz CT molecular complexity index is 487. The summed E-state index contributed by atoms with van der Waals surface area (Å²) in [4.78, 5) is 8.25. The molecule has 18 heavy (non-hydrogen) atoms. The van der Waals surface area contributed by atoms with E-state index in [1.165, 1.54) is 0 Å². The first kappa shape index (κ1) is 12.4. The van der Waals surface area contributed by atoms with Gasteiger partial charge in [0.15, 0.2) is 5.11 Å². The molecule has 0 unspecified atom stereocenters. The van der Waals surface area contributed by atoms with Crippen LogP contribution in [0.5, 0.6) is 0 Å². The molecule has 5 heteroatoms. The second-order valence-corrected chi connectivity index (χ2v) is 4.10. The van der Waals surface area contributed by atoms with Crippen LogP contribution in [-0.2, 0) is 6.42 Å². The summed E-state index contributed by atoms with van der Waals surface area (Å²) in [6, 6.07) is 9.66. The third kappa shape index (κ3) is 4.10. The summed E-state index contributed by atoms with van der Waals surface area (Å²) in [5.74, 6) is 0. The van der Waals surface area contributed by atoms with Crippen LogP contribution in [0.3, 0.4) is 0 Å². The zero-order chi connectivity index (χ0) is 12.6. The zero-order valence-electron chi connectivity index (χ0n) is 9.84. The molecule has 92 valence electrons. The maximum Gasteiger partial charge on any atom is 0.170 e. The first-order valence-corrected chi connectivity index (χ1v) is 6.10. The Balaban J connectivity index is 1.73. The number of hydrogen-bond acceptors (Lipinski definition) is 3. The van der Waals surface area contributed by atoms with E-state index in [1.54, 1.807) is 18.6 Å². The van der Waals surface area contributed by atoms with Gasteiger partial charge in [-0.25, -0.2) is 0 Å². The van der Waals surface area contributed by atoms with Crippen LogP contribution in [0.4, 0.5) is 5.69 Å². The van der Waals surface area contributed by atoms with Crippen molar-refractivity contribution < 1.29 is 0 Å². The van der Waals surface area contributed by atoms with E-state index in [2.05, 4.69) is 20.6 Å². The standard InChI is InChI=1S/C13H14N4S/c18-13(17-12-5-3-7-14-10-12)16-9-6-11-4-1-2-8-15-11/h1-5,7-8,10H,6,9H2,(H2,16,17,18). The lowest BCUT2D eigenvalue weighted by Gasteiger charge is -2.09.